The summed E-state index contributed by atoms with van der Waals surface area (Å²) in [6, 6.07) is 12.1. The van der Waals surface area contributed by atoms with E-state index in [9.17, 15) is 9.90 Å². The first kappa shape index (κ1) is 13.9. The van der Waals surface area contributed by atoms with Crippen molar-refractivity contribution in [3.8, 4) is 17.2 Å². The lowest BCUT2D eigenvalue weighted by atomic mass is 10.2. The van der Waals surface area contributed by atoms with Gasteiger partial charge in [-0.2, -0.15) is 0 Å². The van der Waals surface area contributed by atoms with Crippen LogP contribution in [0.1, 0.15) is 22.8 Å². The Labute approximate surface area is 117 Å². The molecule has 20 heavy (non-hydrogen) atoms. The Morgan fingerprint density at radius 3 is 2.35 bits per heavy atom. The van der Waals surface area contributed by atoms with Crippen molar-refractivity contribution >= 4 is 5.97 Å². The molecule has 0 aliphatic rings. The lowest BCUT2D eigenvalue weighted by molar-refractivity contribution is -0.255. The Morgan fingerprint density at radius 1 is 1.10 bits per heavy atom. The molecule has 0 N–H and O–H groups in total. The highest BCUT2D eigenvalue weighted by atomic mass is 16.5. The Morgan fingerprint density at radius 2 is 1.75 bits per heavy atom. The van der Waals surface area contributed by atoms with Crippen molar-refractivity contribution < 1.29 is 19.4 Å². The second-order valence-electron chi connectivity index (χ2n) is 4.29. The predicted octanol–water partition coefficient (Wildman–Crippen LogP) is 2.55. The number of aryl methyl sites for hydroxylation is 1. The molecule has 4 nitrogen and oxygen atoms in total. The molecule has 0 saturated carbocycles. The quantitative estimate of drug-likeness (QED) is 0.838. The zero-order chi connectivity index (χ0) is 14.5. The largest absolute Gasteiger partial charge is 0.545 e. The van der Waals surface area contributed by atoms with Gasteiger partial charge in [0.1, 0.15) is 17.2 Å². The molecule has 0 aliphatic carbocycles. The minimum Gasteiger partial charge on any atom is -0.545 e. The van der Waals surface area contributed by atoms with Crippen LogP contribution in [0.2, 0.25) is 0 Å². The smallest absolute Gasteiger partial charge is 0.132 e. The van der Waals surface area contributed by atoms with Gasteiger partial charge in [0.05, 0.1) is 12.6 Å². The van der Waals surface area contributed by atoms with Crippen LogP contribution in [0.3, 0.4) is 0 Å². The number of aromatic carboxylic acids is 1. The van der Waals surface area contributed by atoms with Crippen LogP contribution in [-0.4, -0.2) is 12.6 Å². The summed E-state index contributed by atoms with van der Waals surface area (Å²) in [5, 5.41) is 11.0. The standard InChI is InChI=1S/C16H16O4/c1-3-19-15-10-13(8-9-14(15)16(17)18)20-12-6-4-11(2)5-7-12/h4-10H,3H2,1-2H3,(H,17,18)/p-1. The molecule has 4 heteroatoms. The van der Waals surface area contributed by atoms with Crippen LogP contribution in [0, 0.1) is 6.92 Å². The van der Waals surface area contributed by atoms with E-state index in [1.165, 1.54) is 6.07 Å². The number of carbonyl (C=O) groups is 1. The Bertz CT molecular complexity index is 602. The molecule has 0 bridgehead atoms. The van der Waals surface area contributed by atoms with Gasteiger partial charge in [0, 0.05) is 11.6 Å². The van der Waals surface area contributed by atoms with Gasteiger partial charge in [-0.05, 0) is 38.1 Å². The van der Waals surface area contributed by atoms with Crippen LogP contribution in [0.5, 0.6) is 17.2 Å². The Hall–Kier alpha value is -2.49. The van der Waals surface area contributed by atoms with Crippen molar-refractivity contribution in [2.24, 2.45) is 0 Å². The molecule has 0 spiro atoms. The average molecular weight is 271 g/mol. The van der Waals surface area contributed by atoms with Gasteiger partial charge in [0.2, 0.25) is 0 Å². The van der Waals surface area contributed by atoms with Crippen LogP contribution < -0.4 is 14.6 Å². The third kappa shape index (κ3) is 3.29. The average Bonchev–Trinajstić information content (AvgIpc) is 2.42. The van der Waals surface area contributed by atoms with Crippen LogP contribution >= 0.6 is 0 Å². The second-order valence-corrected chi connectivity index (χ2v) is 4.29. The minimum absolute atomic E-state index is 0.0168. The summed E-state index contributed by atoms with van der Waals surface area (Å²) in [6.07, 6.45) is 0. The van der Waals surface area contributed by atoms with Gasteiger partial charge in [-0.25, -0.2) is 0 Å². The van der Waals surface area contributed by atoms with Crippen molar-refractivity contribution in [2.75, 3.05) is 6.61 Å². The molecule has 104 valence electrons. The van der Waals surface area contributed by atoms with Crippen molar-refractivity contribution in [2.45, 2.75) is 13.8 Å². The second kappa shape index (κ2) is 6.10. The summed E-state index contributed by atoms with van der Waals surface area (Å²) < 4.78 is 11.0. The van der Waals surface area contributed by atoms with Crippen LogP contribution in [0.4, 0.5) is 0 Å². The molecule has 2 aromatic carbocycles. The number of carboxylic acids is 1. The Balaban J connectivity index is 2.26. The van der Waals surface area contributed by atoms with Crippen LogP contribution in [0.25, 0.3) is 0 Å². The fourth-order valence-corrected chi connectivity index (χ4v) is 1.75. The third-order valence-electron chi connectivity index (χ3n) is 2.73. The summed E-state index contributed by atoms with van der Waals surface area (Å²) in [6.45, 7) is 4.15. The van der Waals surface area contributed by atoms with Gasteiger partial charge in [-0.3, -0.25) is 0 Å². The molecule has 0 amide bonds. The first-order chi connectivity index (χ1) is 9.60. The highest BCUT2D eigenvalue weighted by Crippen LogP contribution is 2.28. The van der Waals surface area contributed by atoms with E-state index in [1.54, 1.807) is 19.1 Å². The zero-order valence-electron chi connectivity index (χ0n) is 11.4. The van der Waals surface area contributed by atoms with E-state index in [0.717, 1.165) is 5.56 Å². The van der Waals surface area contributed by atoms with E-state index in [0.29, 0.717) is 18.1 Å². The lowest BCUT2D eigenvalue weighted by Crippen LogP contribution is -2.23. The molecule has 0 heterocycles. The number of carbonyl (C=O) groups excluding carboxylic acids is 1. The normalized spacial score (nSPS) is 10.1. The zero-order valence-corrected chi connectivity index (χ0v) is 11.4. The predicted molar refractivity (Wildman–Crippen MR) is 73.2 cm³/mol. The fourth-order valence-electron chi connectivity index (χ4n) is 1.75. The number of hydrogen-bond acceptors (Lipinski definition) is 4. The number of hydrogen-bond donors (Lipinski definition) is 0. The van der Waals surface area contributed by atoms with Crippen LogP contribution in [0.15, 0.2) is 42.5 Å². The highest BCUT2D eigenvalue weighted by Gasteiger charge is 2.07. The van der Waals surface area contributed by atoms with E-state index in [2.05, 4.69) is 0 Å². The van der Waals surface area contributed by atoms with Crippen molar-refractivity contribution in [1.29, 1.82) is 0 Å². The van der Waals surface area contributed by atoms with E-state index < -0.39 is 5.97 Å². The van der Waals surface area contributed by atoms with Gasteiger partial charge >= 0.3 is 0 Å². The van der Waals surface area contributed by atoms with Crippen molar-refractivity contribution in [1.82, 2.24) is 0 Å². The molecule has 0 atom stereocenters. The van der Waals surface area contributed by atoms with E-state index in [1.807, 2.05) is 31.2 Å². The molecular formula is C16H15O4-. The first-order valence-electron chi connectivity index (χ1n) is 6.33. The van der Waals surface area contributed by atoms with Crippen LogP contribution in [-0.2, 0) is 0 Å². The van der Waals surface area contributed by atoms with Gasteiger partial charge in [-0.1, -0.05) is 17.7 Å². The maximum Gasteiger partial charge on any atom is 0.132 e. The number of ether oxygens (including phenoxy) is 2. The molecule has 2 rings (SSSR count). The molecule has 0 radical (unpaired) electrons. The van der Waals surface area contributed by atoms with Gasteiger partial charge < -0.3 is 19.4 Å². The van der Waals surface area contributed by atoms with Crippen molar-refractivity contribution in [3.05, 3.63) is 53.6 Å². The monoisotopic (exact) mass is 271 g/mol. The molecule has 2 aromatic rings. The van der Waals surface area contributed by atoms with Gasteiger partial charge in [-0.15, -0.1) is 0 Å². The van der Waals surface area contributed by atoms with Gasteiger partial charge in [0.15, 0.2) is 0 Å². The summed E-state index contributed by atoms with van der Waals surface area (Å²) in [4.78, 5) is 11.0. The van der Waals surface area contributed by atoms with Gasteiger partial charge in [0.25, 0.3) is 0 Å². The SMILES string of the molecule is CCOc1cc(Oc2ccc(C)cc2)ccc1C(=O)[O-]. The maximum absolute atomic E-state index is 11.0. The van der Waals surface area contributed by atoms with Crippen molar-refractivity contribution in [3.63, 3.8) is 0 Å². The first-order valence-corrected chi connectivity index (χ1v) is 6.33. The summed E-state index contributed by atoms with van der Waals surface area (Å²) in [5.74, 6) is 0.175. The molecular weight excluding hydrogens is 256 g/mol. The van der Waals surface area contributed by atoms with E-state index >= 15 is 0 Å². The highest BCUT2D eigenvalue weighted by molar-refractivity contribution is 5.89. The third-order valence-corrected chi connectivity index (χ3v) is 2.73. The molecule has 0 saturated heterocycles. The minimum atomic E-state index is -1.27. The maximum atomic E-state index is 11.0. The van der Waals surface area contributed by atoms with E-state index in [-0.39, 0.29) is 11.3 Å². The summed E-state index contributed by atoms with van der Waals surface area (Å²) in [7, 11) is 0. The molecule has 0 unspecified atom stereocenters. The summed E-state index contributed by atoms with van der Waals surface area (Å²) in [5.41, 5.74) is 1.16. The number of carboxylic acid groups (broad SMARTS) is 1. The fraction of sp³-hybridized carbons (Fsp3) is 0.188. The summed E-state index contributed by atoms with van der Waals surface area (Å²) >= 11 is 0. The number of benzene rings is 2. The Kier molecular flexibility index (Phi) is 4.25. The van der Waals surface area contributed by atoms with E-state index in [4.69, 9.17) is 9.47 Å². The molecule has 0 fully saturated rings. The molecule has 0 aliphatic heterocycles. The lowest BCUT2D eigenvalue weighted by Gasteiger charge is -2.13. The molecule has 0 aromatic heterocycles. The number of rotatable bonds is 5. The topological polar surface area (TPSA) is 58.6 Å².